The summed E-state index contributed by atoms with van der Waals surface area (Å²) < 4.78 is 5.37. The van der Waals surface area contributed by atoms with Crippen molar-refractivity contribution in [1.29, 1.82) is 0 Å². The van der Waals surface area contributed by atoms with E-state index >= 15 is 0 Å². The first kappa shape index (κ1) is 36.2. The zero-order valence-electron chi connectivity index (χ0n) is 28.2. The second kappa shape index (κ2) is 17.0. The molecule has 0 spiro atoms. The number of para-hydroxylation sites is 2. The molecule has 3 aromatic carbocycles. The van der Waals surface area contributed by atoms with Crippen molar-refractivity contribution in [3.05, 3.63) is 102 Å². The van der Waals surface area contributed by atoms with Gasteiger partial charge in [-0.1, -0.05) is 80.6 Å². The number of fused-ring (bicyclic) bond motifs is 1. The fourth-order valence-corrected chi connectivity index (χ4v) is 5.17. The Balaban J connectivity index is 1.37. The first-order valence-corrected chi connectivity index (χ1v) is 16.2. The van der Waals surface area contributed by atoms with Crippen LogP contribution in [0, 0.1) is 5.92 Å². The normalized spacial score (nSPS) is 12.4. The van der Waals surface area contributed by atoms with Crippen LogP contribution in [-0.2, 0) is 36.9 Å². The maximum absolute atomic E-state index is 13.7. The van der Waals surface area contributed by atoms with Crippen molar-refractivity contribution in [3.63, 3.8) is 0 Å². The van der Waals surface area contributed by atoms with E-state index in [0.717, 1.165) is 22.0 Å². The summed E-state index contributed by atoms with van der Waals surface area (Å²) in [4.78, 5) is 68.7. The quantitative estimate of drug-likeness (QED) is 0.111. The Labute approximate surface area is 285 Å². The van der Waals surface area contributed by atoms with E-state index in [2.05, 4.69) is 31.6 Å². The predicted octanol–water partition coefficient (Wildman–Crippen LogP) is 4.19. The van der Waals surface area contributed by atoms with Gasteiger partial charge in [0.05, 0.1) is 6.54 Å². The van der Waals surface area contributed by atoms with Crippen molar-refractivity contribution in [2.75, 3.05) is 11.9 Å². The molecule has 6 N–H and O–H groups in total. The number of carbonyl (C=O) groups excluding carboxylic acids is 5. The molecule has 0 fully saturated rings. The van der Waals surface area contributed by atoms with Crippen LogP contribution < -0.4 is 26.6 Å². The lowest BCUT2D eigenvalue weighted by atomic mass is 10.0. The van der Waals surface area contributed by atoms with Crippen LogP contribution in [0.15, 0.2) is 91.1 Å². The van der Waals surface area contributed by atoms with Crippen molar-refractivity contribution in [2.24, 2.45) is 5.92 Å². The monoisotopic (exact) mass is 668 g/mol. The fourth-order valence-electron chi connectivity index (χ4n) is 5.17. The topological polar surface area (TPSA) is 171 Å². The van der Waals surface area contributed by atoms with Crippen LogP contribution >= 0.6 is 0 Å². The molecule has 258 valence electrons. The van der Waals surface area contributed by atoms with Crippen molar-refractivity contribution >= 4 is 46.3 Å². The van der Waals surface area contributed by atoms with Gasteiger partial charge in [0.25, 0.3) is 0 Å². The minimum atomic E-state index is -1.48. The summed E-state index contributed by atoms with van der Waals surface area (Å²) in [5.41, 5.74) is 1.56. The van der Waals surface area contributed by atoms with Crippen LogP contribution in [0.2, 0.25) is 0 Å². The van der Waals surface area contributed by atoms with Crippen molar-refractivity contribution in [2.45, 2.75) is 64.8 Å². The van der Waals surface area contributed by atoms with Crippen molar-refractivity contribution in [3.8, 4) is 0 Å². The number of benzene rings is 3. The lowest BCUT2D eigenvalue weighted by Crippen LogP contribution is -2.60. The molecule has 2 atom stereocenters. The average Bonchev–Trinajstić information content (AvgIpc) is 3.48. The molecule has 12 heteroatoms. The van der Waals surface area contributed by atoms with Crippen molar-refractivity contribution < 1.29 is 28.7 Å². The number of hydrogen-bond donors (Lipinski definition) is 6. The van der Waals surface area contributed by atoms with Crippen LogP contribution in [-0.4, -0.2) is 58.9 Å². The molecule has 4 rings (SSSR count). The van der Waals surface area contributed by atoms with E-state index in [4.69, 9.17) is 4.74 Å². The highest BCUT2D eigenvalue weighted by Crippen LogP contribution is 2.20. The molecule has 1 aromatic heterocycles. The predicted molar refractivity (Wildman–Crippen MR) is 187 cm³/mol. The van der Waals surface area contributed by atoms with Gasteiger partial charge in [0.1, 0.15) is 24.2 Å². The first-order valence-electron chi connectivity index (χ1n) is 16.2. The van der Waals surface area contributed by atoms with Crippen LogP contribution in [0.25, 0.3) is 10.9 Å². The molecule has 12 nitrogen and oxygen atoms in total. The number of nitrogens with one attached hydrogen (secondary N) is 6. The summed E-state index contributed by atoms with van der Waals surface area (Å²) in [6, 6.07) is 23.7. The minimum absolute atomic E-state index is 0.00992. The molecule has 0 unspecified atom stereocenters. The number of amides is 5. The molecule has 0 saturated carbocycles. The van der Waals surface area contributed by atoms with Crippen LogP contribution in [0.4, 0.5) is 10.5 Å². The summed E-state index contributed by atoms with van der Waals surface area (Å²) in [5, 5.41) is 14.3. The molecule has 5 amide bonds. The van der Waals surface area contributed by atoms with E-state index in [-0.39, 0.29) is 24.9 Å². The zero-order valence-corrected chi connectivity index (χ0v) is 28.2. The number of ether oxygens (including phenoxy) is 1. The second-order valence-electron chi connectivity index (χ2n) is 12.7. The third-order valence-electron chi connectivity index (χ3n) is 7.73. The van der Waals surface area contributed by atoms with Gasteiger partial charge < -0.3 is 36.3 Å². The summed E-state index contributed by atoms with van der Waals surface area (Å²) >= 11 is 0. The molecule has 0 radical (unpaired) electrons. The summed E-state index contributed by atoms with van der Waals surface area (Å²) in [5.74, 6) is -2.09. The largest absolute Gasteiger partial charge is 0.445 e. The Bertz CT molecular complexity index is 1740. The molecule has 0 bridgehead atoms. The Morgan fingerprint density at radius 1 is 0.796 bits per heavy atom. The van der Waals surface area contributed by atoms with Gasteiger partial charge in [0.2, 0.25) is 23.6 Å². The highest BCUT2D eigenvalue weighted by Gasteiger charge is 2.34. The lowest BCUT2D eigenvalue weighted by molar-refractivity contribution is -0.134. The molecular weight excluding hydrogens is 624 g/mol. The number of anilines is 1. The SMILES string of the molecule is CC(C)C[C@H](NC(=O)CNC(=O)C(C)(C)NC(=O)[C@H](Cc1c[nH]c2ccccc12)NC(=O)OCc1ccccc1)C(=O)Nc1ccccc1. The summed E-state index contributed by atoms with van der Waals surface area (Å²) in [6.07, 6.45) is 1.47. The number of carbonyl (C=O) groups is 5. The van der Waals surface area contributed by atoms with Gasteiger partial charge in [-0.2, -0.15) is 0 Å². The smallest absolute Gasteiger partial charge is 0.408 e. The number of hydrogen-bond acceptors (Lipinski definition) is 6. The van der Waals surface area contributed by atoms with E-state index in [1.54, 1.807) is 30.5 Å². The maximum Gasteiger partial charge on any atom is 0.408 e. The Hall–Kier alpha value is -5.65. The van der Waals surface area contributed by atoms with E-state index in [1.807, 2.05) is 74.5 Å². The standard InChI is InChI=1S/C37H44N6O6/c1-24(2)19-30(33(45)40-27-15-9-6-10-16-27)41-32(44)22-39-35(47)37(3,4)43-34(46)31(20-26-21-38-29-18-12-11-17-28(26)29)42-36(48)49-23-25-13-7-5-8-14-25/h5-18,21,24,30-31,38H,19-20,22-23H2,1-4H3,(H,39,47)(H,40,45)(H,41,44)(H,42,48)(H,43,46)/t30-,31-/m0/s1. The van der Waals surface area contributed by atoms with E-state index in [9.17, 15) is 24.0 Å². The van der Waals surface area contributed by atoms with Gasteiger partial charge in [-0.25, -0.2) is 4.79 Å². The molecule has 4 aromatic rings. The fraction of sp³-hybridized carbons (Fsp3) is 0.324. The van der Waals surface area contributed by atoms with Gasteiger partial charge in [-0.3, -0.25) is 19.2 Å². The molecule has 0 aliphatic heterocycles. The number of aromatic amines is 1. The molecular formula is C37H44N6O6. The summed E-state index contributed by atoms with van der Waals surface area (Å²) in [7, 11) is 0. The van der Waals surface area contributed by atoms with E-state index in [1.165, 1.54) is 13.8 Å². The molecule has 0 aliphatic carbocycles. The maximum atomic E-state index is 13.7. The van der Waals surface area contributed by atoms with Crippen LogP contribution in [0.5, 0.6) is 0 Å². The summed E-state index contributed by atoms with van der Waals surface area (Å²) in [6.45, 7) is 6.44. The van der Waals surface area contributed by atoms with E-state index in [0.29, 0.717) is 12.1 Å². The van der Waals surface area contributed by atoms with E-state index < -0.39 is 48.0 Å². The number of alkyl carbamates (subject to hydrolysis) is 1. The average molecular weight is 669 g/mol. The molecule has 49 heavy (non-hydrogen) atoms. The number of aromatic nitrogens is 1. The van der Waals surface area contributed by atoms with Crippen LogP contribution in [0.3, 0.4) is 0 Å². The first-order chi connectivity index (χ1) is 23.4. The zero-order chi connectivity index (χ0) is 35.4. The highest BCUT2D eigenvalue weighted by molar-refractivity contribution is 5.99. The minimum Gasteiger partial charge on any atom is -0.445 e. The van der Waals surface area contributed by atoms with Gasteiger partial charge >= 0.3 is 6.09 Å². The third-order valence-corrected chi connectivity index (χ3v) is 7.73. The van der Waals surface area contributed by atoms with Crippen molar-refractivity contribution in [1.82, 2.24) is 26.3 Å². The Morgan fingerprint density at radius 2 is 1.45 bits per heavy atom. The van der Waals surface area contributed by atoms with Crippen LogP contribution in [0.1, 0.15) is 45.2 Å². The van der Waals surface area contributed by atoms with Gasteiger partial charge in [0, 0.05) is 29.2 Å². The third kappa shape index (κ3) is 11.0. The second-order valence-corrected chi connectivity index (χ2v) is 12.7. The number of rotatable bonds is 15. The highest BCUT2D eigenvalue weighted by atomic mass is 16.5. The Morgan fingerprint density at radius 3 is 2.14 bits per heavy atom. The Kier molecular flexibility index (Phi) is 12.5. The number of H-pyrrole nitrogens is 1. The molecule has 0 saturated heterocycles. The molecule has 0 aliphatic rings. The van der Waals surface area contributed by atoms with Gasteiger partial charge in [0.15, 0.2) is 0 Å². The van der Waals surface area contributed by atoms with Gasteiger partial charge in [-0.15, -0.1) is 0 Å². The lowest BCUT2D eigenvalue weighted by Gasteiger charge is -2.28. The molecule has 1 heterocycles. The van der Waals surface area contributed by atoms with Gasteiger partial charge in [-0.05, 0) is 55.5 Å².